The van der Waals surface area contributed by atoms with Crippen molar-refractivity contribution in [1.82, 2.24) is 0 Å². The van der Waals surface area contributed by atoms with Gasteiger partial charge in [-0.2, -0.15) is 0 Å². The van der Waals surface area contributed by atoms with Crippen LogP contribution in [0.15, 0.2) is 25.8 Å². The average molecular weight is 143 g/mol. The van der Waals surface area contributed by atoms with Crippen LogP contribution in [0.25, 0.3) is 0 Å². The SMILES string of the molecule is C=C.C=CC(=O)O.N=C=O. The van der Waals surface area contributed by atoms with Crippen LogP contribution in [0.1, 0.15) is 0 Å². The molecule has 0 saturated heterocycles. The van der Waals surface area contributed by atoms with E-state index in [-0.39, 0.29) is 0 Å². The van der Waals surface area contributed by atoms with Crippen LogP contribution < -0.4 is 0 Å². The second-order valence-electron chi connectivity index (χ2n) is 0.644. The number of hydrogen-bond acceptors (Lipinski definition) is 3. The number of carboxylic acids is 1. The molecule has 0 bridgehead atoms. The Morgan fingerprint density at radius 2 is 1.70 bits per heavy atom. The first kappa shape index (κ1) is 15.8. The lowest BCUT2D eigenvalue weighted by molar-refractivity contribution is -0.131. The molecule has 0 unspecified atom stereocenters. The molecule has 4 nitrogen and oxygen atoms in total. The number of carboxylic acid groups (broad SMARTS) is 1. The van der Waals surface area contributed by atoms with Crippen LogP contribution in [0.5, 0.6) is 0 Å². The highest BCUT2D eigenvalue weighted by atomic mass is 16.4. The van der Waals surface area contributed by atoms with Crippen LogP contribution in [0.2, 0.25) is 0 Å². The molecule has 56 valence electrons. The van der Waals surface area contributed by atoms with Crippen molar-refractivity contribution in [2.45, 2.75) is 0 Å². The van der Waals surface area contributed by atoms with Gasteiger partial charge in [-0.1, -0.05) is 6.58 Å². The van der Waals surface area contributed by atoms with Gasteiger partial charge < -0.3 is 5.11 Å². The van der Waals surface area contributed by atoms with Crippen molar-refractivity contribution >= 4 is 12.0 Å². The van der Waals surface area contributed by atoms with Gasteiger partial charge in [0.2, 0.25) is 6.08 Å². The van der Waals surface area contributed by atoms with Gasteiger partial charge in [0.1, 0.15) is 0 Å². The van der Waals surface area contributed by atoms with Crippen molar-refractivity contribution in [3.63, 3.8) is 0 Å². The Morgan fingerprint density at radius 3 is 1.70 bits per heavy atom. The number of carbonyl (C=O) groups excluding carboxylic acids is 1. The van der Waals surface area contributed by atoms with Gasteiger partial charge in [-0.05, 0) is 0 Å². The summed E-state index contributed by atoms with van der Waals surface area (Å²) in [5.41, 5.74) is 0. The third-order valence-electron chi connectivity index (χ3n) is 0.175. The van der Waals surface area contributed by atoms with Gasteiger partial charge >= 0.3 is 5.97 Å². The lowest BCUT2D eigenvalue weighted by Gasteiger charge is -1.64. The summed E-state index contributed by atoms with van der Waals surface area (Å²) in [7, 11) is 0. The van der Waals surface area contributed by atoms with Gasteiger partial charge in [0.15, 0.2) is 0 Å². The summed E-state index contributed by atoms with van der Waals surface area (Å²) in [5.74, 6) is -0.981. The summed E-state index contributed by atoms with van der Waals surface area (Å²) in [5, 5.41) is 13.0. The monoisotopic (exact) mass is 143 g/mol. The first-order valence-corrected chi connectivity index (χ1v) is 2.08. The van der Waals surface area contributed by atoms with Crippen molar-refractivity contribution in [2.75, 3.05) is 0 Å². The van der Waals surface area contributed by atoms with Gasteiger partial charge in [-0.25, -0.2) is 15.0 Å². The molecule has 0 amide bonds. The van der Waals surface area contributed by atoms with Crippen LogP contribution in [0.3, 0.4) is 0 Å². The summed E-state index contributed by atoms with van der Waals surface area (Å²) < 4.78 is 0. The molecule has 0 fully saturated rings. The van der Waals surface area contributed by atoms with Crippen LogP contribution in [0, 0.1) is 5.41 Å². The van der Waals surface area contributed by atoms with Crippen molar-refractivity contribution in [1.29, 1.82) is 5.41 Å². The lowest BCUT2D eigenvalue weighted by atomic mass is 10.7. The highest BCUT2D eigenvalue weighted by Crippen LogP contribution is 1.54. The number of carbonyl (C=O) groups is 1. The Labute approximate surface area is 59.0 Å². The molecule has 0 heterocycles. The predicted octanol–water partition coefficient (Wildman–Crippen LogP) is 0.960. The van der Waals surface area contributed by atoms with Crippen LogP contribution >= 0.6 is 0 Å². The summed E-state index contributed by atoms with van der Waals surface area (Å²) in [6.07, 6.45) is 1.58. The minimum absolute atomic E-state index is 0.750. The molecule has 0 radical (unpaired) electrons. The first-order valence-electron chi connectivity index (χ1n) is 2.08. The molecule has 0 aromatic carbocycles. The molecule has 10 heavy (non-hydrogen) atoms. The van der Waals surface area contributed by atoms with Gasteiger partial charge in [-0.3, -0.25) is 0 Å². The Hall–Kier alpha value is -1.67. The number of rotatable bonds is 1. The highest BCUT2D eigenvalue weighted by molar-refractivity contribution is 5.78. The summed E-state index contributed by atoms with van der Waals surface area (Å²) in [6, 6.07) is 0. The third-order valence-corrected chi connectivity index (χ3v) is 0.175. The maximum atomic E-state index is 9.25. The zero-order valence-electron chi connectivity index (χ0n) is 5.46. The van der Waals surface area contributed by atoms with Crippen molar-refractivity contribution < 1.29 is 14.7 Å². The molecule has 0 aliphatic rings. The fourth-order valence-corrected chi connectivity index (χ4v) is 0. The quantitative estimate of drug-likeness (QED) is 0.248. The predicted molar refractivity (Wildman–Crippen MR) is 37.5 cm³/mol. The Kier molecular flexibility index (Phi) is 41.7. The van der Waals surface area contributed by atoms with E-state index in [0.29, 0.717) is 0 Å². The number of nitrogens with one attached hydrogen (secondary N) is 1. The molecule has 0 aliphatic heterocycles. The molecule has 0 spiro atoms. The highest BCUT2D eigenvalue weighted by Gasteiger charge is 1.73. The minimum atomic E-state index is -0.981. The van der Waals surface area contributed by atoms with Crippen molar-refractivity contribution in [2.24, 2.45) is 0 Å². The van der Waals surface area contributed by atoms with E-state index in [9.17, 15) is 4.79 Å². The molecule has 0 aromatic rings. The Morgan fingerprint density at radius 1 is 1.60 bits per heavy atom. The molecule has 0 aromatic heterocycles. The smallest absolute Gasteiger partial charge is 0.327 e. The molecule has 4 heteroatoms. The molecule has 0 atom stereocenters. The molecular weight excluding hydrogens is 134 g/mol. The largest absolute Gasteiger partial charge is 0.478 e. The summed E-state index contributed by atoms with van der Waals surface area (Å²) in [6.45, 7) is 8.96. The topological polar surface area (TPSA) is 78.2 Å². The zero-order chi connectivity index (χ0) is 8.99. The van der Waals surface area contributed by atoms with Crippen LogP contribution in [-0.4, -0.2) is 17.2 Å². The van der Waals surface area contributed by atoms with Crippen molar-refractivity contribution in [3.8, 4) is 0 Å². The van der Waals surface area contributed by atoms with E-state index in [1.807, 2.05) is 0 Å². The molecule has 0 rings (SSSR count). The van der Waals surface area contributed by atoms with Crippen molar-refractivity contribution in [3.05, 3.63) is 25.8 Å². The van der Waals surface area contributed by atoms with Gasteiger partial charge in [-0.15, -0.1) is 13.2 Å². The van der Waals surface area contributed by atoms with E-state index >= 15 is 0 Å². The molecule has 2 N–H and O–H groups in total. The third kappa shape index (κ3) is 1650. The van der Waals surface area contributed by atoms with Crippen LogP contribution in [-0.2, 0) is 9.59 Å². The summed E-state index contributed by atoms with van der Waals surface area (Å²) >= 11 is 0. The number of isocyanates is 1. The zero-order valence-corrected chi connectivity index (χ0v) is 5.46. The minimum Gasteiger partial charge on any atom is -0.478 e. The molecule has 0 aliphatic carbocycles. The number of hydrogen-bond donors (Lipinski definition) is 2. The van der Waals surface area contributed by atoms with E-state index in [1.54, 1.807) is 0 Å². The lowest BCUT2D eigenvalue weighted by Crippen LogP contribution is -1.82. The number of aliphatic carboxylic acids is 1. The van der Waals surface area contributed by atoms with E-state index in [4.69, 9.17) is 15.3 Å². The molecular formula is C6H9NO3. The molecule has 0 saturated carbocycles. The summed E-state index contributed by atoms with van der Waals surface area (Å²) in [4.78, 5) is 17.6. The van der Waals surface area contributed by atoms with Gasteiger partial charge in [0, 0.05) is 6.08 Å². The maximum Gasteiger partial charge on any atom is 0.327 e. The fourth-order valence-electron chi connectivity index (χ4n) is 0. The van der Waals surface area contributed by atoms with E-state index in [1.165, 1.54) is 0 Å². The van der Waals surface area contributed by atoms with Gasteiger partial charge in [0.25, 0.3) is 0 Å². The average Bonchev–Trinajstić information content (AvgIpc) is 1.94. The van der Waals surface area contributed by atoms with E-state index in [2.05, 4.69) is 19.7 Å². The maximum absolute atomic E-state index is 9.25. The van der Waals surface area contributed by atoms with E-state index in [0.717, 1.165) is 12.2 Å². The van der Waals surface area contributed by atoms with E-state index < -0.39 is 5.97 Å². The Bertz CT molecular complexity index is 125. The second kappa shape index (κ2) is 26.5. The first-order chi connectivity index (χ1) is 4.68. The Balaban J connectivity index is -0.0000000847. The second-order valence-corrected chi connectivity index (χ2v) is 0.644. The van der Waals surface area contributed by atoms with Crippen LogP contribution in [0.4, 0.5) is 0 Å². The normalized spacial score (nSPS) is 4.40. The van der Waals surface area contributed by atoms with Gasteiger partial charge in [0.05, 0.1) is 0 Å². The standard InChI is InChI=1S/C3H4O2.C2H4.CHNO/c1-2-3(4)5;1-2;2-1-3/h2H,1H2,(H,4,5);1-2H2;2H. The fraction of sp³-hybridized carbons (Fsp3) is 0.